The summed E-state index contributed by atoms with van der Waals surface area (Å²) in [6, 6.07) is 9.83. The molecule has 0 N–H and O–H groups in total. The molecular weight excluding hydrogens is 334 g/mol. The van der Waals surface area contributed by atoms with E-state index in [0.29, 0.717) is 30.5 Å². The van der Waals surface area contributed by atoms with Gasteiger partial charge in [0.25, 0.3) is 0 Å². The lowest BCUT2D eigenvalue weighted by molar-refractivity contribution is 0.171. The van der Waals surface area contributed by atoms with Crippen molar-refractivity contribution < 1.29 is 23.7 Å². The van der Waals surface area contributed by atoms with E-state index in [0.717, 1.165) is 39.2 Å². The first-order chi connectivity index (χ1) is 12.7. The summed E-state index contributed by atoms with van der Waals surface area (Å²) >= 11 is 0. The standard InChI is InChI=1S/C20H17NO5/c1-11-5-14(12-6-18(22-2)20-19(7-12)25-10-26-20)21-15-9-17-16(8-13(11)15)23-3-4-24-17/h5-9H,3-4,10H2,1-2H3. The lowest BCUT2D eigenvalue weighted by atomic mass is 10.0. The minimum atomic E-state index is 0.197. The van der Waals surface area contributed by atoms with Gasteiger partial charge in [-0.15, -0.1) is 0 Å². The molecule has 3 aromatic rings. The largest absolute Gasteiger partial charge is 0.493 e. The second-order valence-electron chi connectivity index (χ2n) is 6.25. The summed E-state index contributed by atoms with van der Waals surface area (Å²) < 4.78 is 27.8. The number of benzene rings is 2. The van der Waals surface area contributed by atoms with Gasteiger partial charge in [-0.25, -0.2) is 4.98 Å². The molecule has 0 fully saturated rings. The van der Waals surface area contributed by atoms with Crippen molar-refractivity contribution in [2.45, 2.75) is 6.92 Å². The van der Waals surface area contributed by atoms with Gasteiger partial charge in [-0.3, -0.25) is 0 Å². The van der Waals surface area contributed by atoms with Crippen LogP contribution in [0.2, 0.25) is 0 Å². The lowest BCUT2D eigenvalue weighted by Gasteiger charge is -2.19. The Balaban J connectivity index is 1.68. The number of rotatable bonds is 2. The molecule has 3 heterocycles. The van der Waals surface area contributed by atoms with Gasteiger partial charge < -0.3 is 23.7 Å². The molecule has 0 atom stereocenters. The third-order valence-electron chi connectivity index (χ3n) is 4.63. The topological polar surface area (TPSA) is 59.0 Å². The molecule has 0 bridgehead atoms. The van der Waals surface area contributed by atoms with E-state index in [1.165, 1.54) is 0 Å². The molecule has 2 aliphatic rings. The van der Waals surface area contributed by atoms with Gasteiger partial charge in [-0.2, -0.15) is 0 Å². The number of hydrogen-bond donors (Lipinski definition) is 0. The van der Waals surface area contributed by atoms with Gasteiger partial charge in [0.15, 0.2) is 23.0 Å². The van der Waals surface area contributed by atoms with Crippen molar-refractivity contribution >= 4 is 10.9 Å². The maximum atomic E-state index is 5.69. The Hall–Kier alpha value is -3.15. The first-order valence-electron chi connectivity index (χ1n) is 8.42. The van der Waals surface area contributed by atoms with E-state index >= 15 is 0 Å². The van der Waals surface area contributed by atoms with Gasteiger partial charge in [0.1, 0.15) is 13.2 Å². The molecule has 26 heavy (non-hydrogen) atoms. The summed E-state index contributed by atoms with van der Waals surface area (Å²) in [6.45, 7) is 3.38. The van der Waals surface area contributed by atoms with Crippen LogP contribution in [0.4, 0.5) is 0 Å². The Morgan fingerprint density at radius 2 is 1.69 bits per heavy atom. The van der Waals surface area contributed by atoms with Crippen molar-refractivity contribution in [3.63, 3.8) is 0 Å². The normalized spacial score (nSPS) is 14.5. The highest BCUT2D eigenvalue weighted by molar-refractivity contribution is 5.88. The zero-order valence-electron chi connectivity index (χ0n) is 14.5. The van der Waals surface area contributed by atoms with Crippen LogP contribution < -0.4 is 23.7 Å². The van der Waals surface area contributed by atoms with Crippen molar-refractivity contribution in [3.8, 4) is 40.0 Å². The molecular formula is C20H17NO5. The lowest BCUT2D eigenvalue weighted by Crippen LogP contribution is -2.15. The average Bonchev–Trinajstić information content (AvgIpc) is 3.14. The minimum Gasteiger partial charge on any atom is -0.493 e. The van der Waals surface area contributed by atoms with Crippen molar-refractivity contribution in [1.29, 1.82) is 0 Å². The number of aromatic nitrogens is 1. The Kier molecular flexibility index (Phi) is 3.31. The van der Waals surface area contributed by atoms with Crippen molar-refractivity contribution in [2.24, 2.45) is 0 Å². The monoisotopic (exact) mass is 351 g/mol. The molecule has 5 rings (SSSR count). The molecule has 6 nitrogen and oxygen atoms in total. The van der Waals surface area contributed by atoms with E-state index in [4.69, 9.17) is 28.7 Å². The van der Waals surface area contributed by atoms with Crippen molar-refractivity contribution in [2.75, 3.05) is 27.1 Å². The number of nitrogens with zero attached hydrogens (tertiary/aromatic N) is 1. The molecule has 1 aromatic heterocycles. The number of hydrogen-bond acceptors (Lipinski definition) is 6. The second-order valence-corrected chi connectivity index (χ2v) is 6.25. The molecule has 0 spiro atoms. The number of ether oxygens (including phenoxy) is 5. The summed E-state index contributed by atoms with van der Waals surface area (Å²) in [4.78, 5) is 4.83. The Morgan fingerprint density at radius 1 is 0.885 bits per heavy atom. The fourth-order valence-electron chi connectivity index (χ4n) is 3.36. The van der Waals surface area contributed by atoms with Gasteiger partial charge >= 0.3 is 0 Å². The van der Waals surface area contributed by atoms with E-state index in [1.807, 2.05) is 24.3 Å². The van der Waals surface area contributed by atoms with Crippen LogP contribution in [0.25, 0.3) is 22.2 Å². The predicted octanol–water partition coefficient (Wildman–Crippen LogP) is 3.72. The molecule has 132 valence electrons. The zero-order valence-corrected chi connectivity index (χ0v) is 14.5. The summed E-state index contributed by atoms with van der Waals surface area (Å²) in [5.41, 5.74) is 3.72. The molecule has 2 aromatic carbocycles. The Bertz CT molecular complexity index is 1030. The van der Waals surface area contributed by atoms with E-state index in [2.05, 4.69) is 13.0 Å². The number of pyridine rings is 1. The van der Waals surface area contributed by atoms with Crippen LogP contribution >= 0.6 is 0 Å². The van der Waals surface area contributed by atoms with Gasteiger partial charge in [0.2, 0.25) is 12.5 Å². The summed E-state index contributed by atoms with van der Waals surface area (Å²) in [5.74, 6) is 3.44. The van der Waals surface area contributed by atoms with Crippen molar-refractivity contribution in [1.82, 2.24) is 4.98 Å². The smallest absolute Gasteiger partial charge is 0.231 e. The summed E-state index contributed by atoms with van der Waals surface area (Å²) in [7, 11) is 1.61. The minimum absolute atomic E-state index is 0.197. The van der Waals surface area contributed by atoms with Crippen LogP contribution in [0, 0.1) is 6.92 Å². The van der Waals surface area contributed by atoms with Gasteiger partial charge in [0, 0.05) is 17.0 Å². The van der Waals surface area contributed by atoms with Gasteiger partial charge in [0.05, 0.1) is 18.3 Å². The van der Waals surface area contributed by atoms with Crippen LogP contribution in [-0.4, -0.2) is 32.1 Å². The molecule has 0 unspecified atom stereocenters. The molecule has 0 saturated carbocycles. The second kappa shape index (κ2) is 5.69. The third kappa shape index (κ3) is 2.29. The Labute approximate surface area is 150 Å². The molecule has 6 heteroatoms. The highest BCUT2D eigenvalue weighted by atomic mass is 16.7. The third-order valence-corrected chi connectivity index (χ3v) is 4.63. The van der Waals surface area contributed by atoms with Crippen LogP contribution in [0.5, 0.6) is 28.7 Å². The van der Waals surface area contributed by atoms with Crippen molar-refractivity contribution in [3.05, 3.63) is 35.9 Å². The van der Waals surface area contributed by atoms with Gasteiger partial charge in [-0.05, 0) is 36.8 Å². The fraction of sp³-hybridized carbons (Fsp3) is 0.250. The van der Waals surface area contributed by atoms with Crippen LogP contribution in [0.15, 0.2) is 30.3 Å². The maximum absolute atomic E-state index is 5.69. The molecule has 0 amide bonds. The highest BCUT2D eigenvalue weighted by Gasteiger charge is 2.22. The first kappa shape index (κ1) is 15.1. The molecule has 0 radical (unpaired) electrons. The Morgan fingerprint density at radius 3 is 2.50 bits per heavy atom. The van der Waals surface area contributed by atoms with Crippen LogP contribution in [0.1, 0.15) is 5.56 Å². The zero-order chi connectivity index (χ0) is 17.7. The summed E-state index contributed by atoms with van der Waals surface area (Å²) in [5, 5.41) is 1.05. The molecule has 0 aliphatic carbocycles. The number of methoxy groups -OCH3 is 1. The SMILES string of the molecule is COc1cc(-c2cc(C)c3cc4c(cc3n2)OCCO4)cc2c1OCO2. The highest BCUT2D eigenvalue weighted by Crippen LogP contribution is 2.44. The maximum Gasteiger partial charge on any atom is 0.231 e. The van der Waals surface area contributed by atoms with E-state index in [9.17, 15) is 0 Å². The number of aryl methyl sites for hydroxylation is 1. The van der Waals surface area contributed by atoms with E-state index in [-0.39, 0.29) is 6.79 Å². The quantitative estimate of drug-likeness (QED) is 0.701. The van der Waals surface area contributed by atoms with Crippen LogP contribution in [0.3, 0.4) is 0 Å². The molecule has 0 saturated heterocycles. The predicted molar refractivity (Wildman–Crippen MR) is 95.6 cm³/mol. The average molecular weight is 351 g/mol. The van der Waals surface area contributed by atoms with Gasteiger partial charge in [-0.1, -0.05) is 0 Å². The fourth-order valence-corrected chi connectivity index (χ4v) is 3.36. The molecule has 2 aliphatic heterocycles. The van der Waals surface area contributed by atoms with Crippen LogP contribution in [-0.2, 0) is 0 Å². The number of fused-ring (bicyclic) bond motifs is 3. The van der Waals surface area contributed by atoms with E-state index in [1.54, 1.807) is 7.11 Å². The first-order valence-corrected chi connectivity index (χ1v) is 8.42. The summed E-state index contributed by atoms with van der Waals surface area (Å²) in [6.07, 6.45) is 0. The van der Waals surface area contributed by atoms with E-state index < -0.39 is 0 Å².